The van der Waals surface area contributed by atoms with Crippen LogP contribution in [0.4, 0.5) is 0 Å². The van der Waals surface area contributed by atoms with Gasteiger partial charge in [0.15, 0.2) is 0 Å². The Bertz CT molecular complexity index is 2150. The van der Waals surface area contributed by atoms with Gasteiger partial charge in [-0.05, 0) is 115 Å². The van der Waals surface area contributed by atoms with Crippen LogP contribution in [0.15, 0.2) is 121 Å². The summed E-state index contributed by atoms with van der Waals surface area (Å²) in [7, 11) is 0.115. The summed E-state index contributed by atoms with van der Waals surface area (Å²) >= 11 is 16.6. The van der Waals surface area contributed by atoms with Crippen LogP contribution < -0.4 is 0 Å². The van der Waals surface area contributed by atoms with Crippen molar-refractivity contribution in [2.24, 2.45) is 0 Å². The van der Waals surface area contributed by atoms with Gasteiger partial charge in [-0.25, -0.2) is 0 Å². The maximum absolute atomic E-state index is 8.32. The minimum absolute atomic E-state index is 0.115. The zero-order valence-corrected chi connectivity index (χ0v) is 29.7. The zero-order chi connectivity index (χ0) is 32.5. The highest BCUT2D eigenvalue weighted by Gasteiger charge is 2.54. The maximum Gasteiger partial charge on any atom is 0.119 e. The molecule has 2 aliphatic carbocycles. The normalized spacial score (nSPS) is 20.4. The third-order valence-electron chi connectivity index (χ3n) is 10.5. The summed E-state index contributed by atoms with van der Waals surface area (Å²) in [6.45, 7) is 8.94. The van der Waals surface area contributed by atoms with Crippen LogP contribution in [0.5, 0.6) is 0 Å². The highest BCUT2D eigenvalue weighted by atomic mass is 35.5. The average molecular weight is 664 g/mol. The molecule has 0 nitrogen and oxygen atoms in total. The van der Waals surface area contributed by atoms with E-state index in [9.17, 15) is 0 Å². The molecule has 6 aromatic rings. The van der Waals surface area contributed by atoms with E-state index in [0.29, 0.717) is 0 Å². The molecule has 2 unspecified atom stereocenters. The fraction of sp³-hybridized carbons (Fsp3) is 0.182. The fourth-order valence-corrected chi connectivity index (χ4v) is 12.2. The SMILES string of the molecule is CCc1ccc(C2=C(C)c3ccccc3C2(Cl)[Si]C2(Cl)C(c3ccc(CC)c4ccccc34)=C(C)c3ccccc32)c2ccccc12. The monoisotopic (exact) mass is 662 g/mol. The maximum atomic E-state index is 8.32. The van der Waals surface area contributed by atoms with Crippen molar-refractivity contribution in [3.05, 3.63) is 166 Å². The van der Waals surface area contributed by atoms with Crippen molar-refractivity contribution < 1.29 is 0 Å². The van der Waals surface area contributed by atoms with E-state index in [4.69, 9.17) is 23.2 Å². The molecule has 0 amide bonds. The predicted octanol–water partition coefficient (Wildman–Crippen LogP) is 12.2. The Morgan fingerprint density at radius 2 is 0.809 bits per heavy atom. The molecule has 6 aromatic carbocycles. The molecule has 0 saturated heterocycles. The van der Waals surface area contributed by atoms with Crippen molar-refractivity contribution in [2.75, 3.05) is 0 Å². The van der Waals surface area contributed by atoms with Gasteiger partial charge in [0.25, 0.3) is 0 Å². The highest BCUT2D eigenvalue weighted by molar-refractivity contribution is 6.74. The Morgan fingerprint density at radius 1 is 0.447 bits per heavy atom. The Balaban J connectivity index is 1.40. The molecule has 2 radical (unpaired) electrons. The average Bonchev–Trinajstić information content (AvgIpc) is 3.46. The number of halogens is 2. The molecule has 230 valence electrons. The zero-order valence-electron chi connectivity index (χ0n) is 27.2. The van der Waals surface area contributed by atoms with Gasteiger partial charge < -0.3 is 0 Å². The molecule has 0 heterocycles. The summed E-state index contributed by atoms with van der Waals surface area (Å²) in [4.78, 5) is 0. The van der Waals surface area contributed by atoms with Crippen LogP contribution >= 0.6 is 23.2 Å². The third-order valence-corrected chi connectivity index (χ3v) is 13.6. The quantitative estimate of drug-likeness (QED) is 0.123. The van der Waals surface area contributed by atoms with Crippen molar-refractivity contribution in [3.8, 4) is 0 Å². The molecule has 2 atom stereocenters. The van der Waals surface area contributed by atoms with E-state index in [1.807, 2.05) is 0 Å². The van der Waals surface area contributed by atoms with Gasteiger partial charge in [-0.3, -0.25) is 0 Å². The second kappa shape index (κ2) is 11.4. The molecular formula is C44H36Cl2Si. The molecular weight excluding hydrogens is 627 g/mol. The van der Waals surface area contributed by atoms with Crippen LogP contribution in [0.3, 0.4) is 0 Å². The lowest BCUT2D eigenvalue weighted by Gasteiger charge is -2.37. The van der Waals surface area contributed by atoms with Gasteiger partial charge in [0.05, 0.1) is 8.99 Å². The smallest absolute Gasteiger partial charge is 0.113 e. The van der Waals surface area contributed by atoms with Crippen LogP contribution in [-0.4, -0.2) is 9.52 Å². The van der Waals surface area contributed by atoms with Gasteiger partial charge in [-0.15, -0.1) is 23.2 Å². The minimum atomic E-state index is -0.846. The summed E-state index contributed by atoms with van der Waals surface area (Å²) in [6, 6.07) is 44.2. The predicted molar refractivity (Wildman–Crippen MR) is 205 cm³/mol. The summed E-state index contributed by atoms with van der Waals surface area (Å²) < 4.78 is -1.69. The number of rotatable bonds is 6. The molecule has 0 saturated carbocycles. The lowest BCUT2D eigenvalue weighted by molar-refractivity contribution is 1.03. The Hall–Kier alpha value is -3.88. The van der Waals surface area contributed by atoms with Gasteiger partial charge in [0, 0.05) is 0 Å². The first-order valence-corrected chi connectivity index (χ1v) is 18.4. The largest absolute Gasteiger partial charge is 0.119 e. The van der Waals surface area contributed by atoms with Gasteiger partial charge in [0.1, 0.15) is 9.52 Å². The van der Waals surface area contributed by atoms with Crippen molar-refractivity contribution >= 4 is 76.6 Å². The van der Waals surface area contributed by atoms with E-state index in [2.05, 4.69) is 149 Å². The highest BCUT2D eigenvalue weighted by Crippen LogP contribution is 2.61. The standard InChI is InChI=1S/C44H36Cl2Si/c1-5-29-23-25-37(35-19-9-7-17-33(29)35)41-27(3)31-15-11-13-21-39(31)43(41,45)47-44(46)40-22-14-12-16-32(40)28(4)42(44)38-26-24-30(6-2)34-18-8-10-20-36(34)38/h7-26H,5-6H2,1-4H3. The number of fused-ring (bicyclic) bond motifs is 4. The molecule has 3 heteroatoms. The van der Waals surface area contributed by atoms with Gasteiger partial charge in [0.2, 0.25) is 0 Å². The number of hydrogen-bond donors (Lipinski definition) is 0. The summed E-state index contributed by atoms with van der Waals surface area (Å²) in [6.07, 6.45) is 1.96. The number of alkyl halides is 2. The molecule has 47 heavy (non-hydrogen) atoms. The molecule has 0 bridgehead atoms. The van der Waals surface area contributed by atoms with Gasteiger partial charge in [-0.2, -0.15) is 0 Å². The van der Waals surface area contributed by atoms with Crippen LogP contribution in [-0.2, 0) is 21.8 Å². The summed E-state index contributed by atoms with van der Waals surface area (Å²) in [5, 5.41) is 5.06. The lowest BCUT2D eigenvalue weighted by atomic mass is 9.91. The van der Waals surface area contributed by atoms with E-state index >= 15 is 0 Å². The number of hydrogen-bond acceptors (Lipinski definition) is 0. The van der Waals surface area contributed by atoms with Crippen molar-refractivity contribution in [1.82, 2.24) is 0 Å². The summed E-state index contributed by atoms with van der Waals surface area (Å²) in [5.41, 5.74) is 14.6. The molecule has 8 rings (SSSR count). The van der Waals surface area contributed by atoms with Crippen molar-refractivity contribution in [1.29, 1.82) is 0 Å². The first kappa shape index (κ1) is 30.5. The molecule has 0 spiro atoms. The first-order valence-electron chi connectivity index (χ1n) is 16.6. The molecule has 0 fully saturated rings. The second-order valence-corrected chi connectivity index (χ2v) is 16.4. The van der Waals surface area contributed by atoms with E-state index < -0.39 is 8.99 Å². The summed E-state index contributed by atoms with van der Waals surface area (Å²) in [5.74, 6) is 0. The van der Waals surface area contributed by atoms with Crippen molar-refractivity contribution in [3.63, 3.8) is 0 Å². The second-order valence-electron chi connectivity index (χ2n) is 12.9. The van der Waals surface area contributed by atoms with E-state index in [1.54, 1.807) is 0 Å². The number of aryl methyl sites for hydroxylation is 2. The molecule has 0 aromatic heterocycles. The fourth-order valence-electron chi connectivity index (χ4n) is 8.32. The van der Waals surface area contributed by atoms with Gasteiger partial charge in [-0.1, -0.05) is 135 Å². The van der Waals surface area contributed by atoms with E-state index in [1.165, 1.54) is 77.2 Å². The Kier molecular flexibility index (Phi) is 7.37. The molecule has 2 aliphatic rings. The first-order chi connectivity index (χ1) is 22.8. The Labute approximate surface area is 290 Å². The topological polar surface area (TPSA) is 0 Å². The third kappa shape index (κ3) is 4.40. The minimum Gasteiger partial charge on any atom is -0.113 e. The van der Waals surface area contributed by atoms with Crippen molar-refractivity contribution in [2.45, 2.75) is 49.5 Å². The van der Waals surface area contributed by atoms with Crippen LogP contribution in [0.25, 0.3) is 43.8 Å². The van der Waals surface area contributed by atoms with Gasteiger partial charge >= 0.3 is 0 Å². The number of benzene rings is 6. The van der Waals surface area contributed by atoms with E-state index in [0.717, 1.165) is 24.0 Å². The van der Waals surface area contributed by atoms with Crippen LogP contribution in [0.2, 0.25) is 0 Å². The number of allylic oxidation sites excluding steroid dienone is 4. The lowest BCUT2D eigenvalue weighted by Crippen LogP contribution is -2.40. The molecule has 0 N–H and O–H groups in total. The van der Waals surface area contributed by atoms with Crippen LogP contribution in [0, 0.1) is 0 Å². The molecule has 0 aliphatic heterocycles. The Morgan fingerprint density at radius 3 is 1.21 bits per heavy atom. The van der Waals surface area contributed by atoms with Crippen LogP contribution in [0.1, 0.15) is 72.2 Å². The van der Waals surface area contributed by atoms with E-state index in [-0.39, 0.29) is 9.52 Å².